The third-order valence-electron chi connectivity index (χ3n) is 4.43. The highest BCUT2D eigenvalue weighted by atomic mass is 32.1. The Morgan fingerprint density at radius 1 is 1.19 bits per heavy atom. The third kappa shape index (κ3) is 9.46. The summed E-state index contributed by atoms with van der Waals surface area (Å²) in [5.41, 5.74) is 0.515. The second kappa shape index (κ2) is 11.8. The van der Waals surface area contributed by atoms with Crippen LogP contribution in [0.2, 0.25) is 0 Å². The number of halogens is 1. The molecule has 0 spiro atoms. The molecule has 170 valence electrons. The molecule has 0 saturated carbocycles. The first-order valence-electron chi connectivity index (χ1n) is 10.5. The molecule has 6 nitrogen and oxygen atoms in total. The number of carbonyl (C=O) groups excluding carboxylic acids is 2. The number of aromatic nitrogens is 1. The van der Waals surface area contributed by atoms with Crippen LogP contribution < -0.4 is 15.4 Å². The van der Waals surface area contributed by atoms with Gasteiger partial charge in [0.05, 0.1) is 0 Å². The van der Waals surface area contributed by atoms with Crippen LogP contribution in [-0.4, -0.2) is 29.9 Å². The fourth-order valence-electron chi connectivity index (χ4n) is 3.30. The van der Waals surface area contributed by atoms with Crippen LogP contribution in [0.1, 0.15) is 62.5 Å². The van der Waals surface area contributed by atoms with Crippen LogP contribution in [-0.2, 0) is 11.4 Å². The van der Waals surface area contributed by atoms with E-state index in [1.165, 1.54) is 17.4 Å². The van der Waals surface area contributed by atoms with E-state index < -0.39 is 5.82 Å². The van der Waals surface area contributed by atoms with Crippen LogP contribution in [0.25, 0.3) is 0 Å². The molecule has 0 bridgehead atoms. The van der Waals surface area contributed by atoms with Crippen LogP contribution in [0.3, 0.4) is 0 Å². The molecule has 2 amide bonds. The maximum Gasteiger partial charge on any atom is 0.270 e. The van der Waals surface area contributed by atoms with Crippen molar-refractivity contribution in [2.45, 2.75) is 53.6 Å². The molecule has 2 rings (SSSR count). The number of para-hydroxylation sites is 1. The Bertz CT molecular complexity index is 864. The standard InChI is InChI=1S/C23H32FN3O3S/c1-16(13-23(2,3)4)12-20(28)25-10-7-11-26-22(29)18-15-31-21(27-18)14-30-19-9-6-5-8-17(19)24/h5-6,8-9,15-16H,7,10-14H2,1-4H3,(H,25,28)(H,26,29)/t16-/m1/s1. The van der Waals surface area contributed by atoms with Crippen molar-refractivity contribution in [2.24, 2.45) is 11.3 Å². The molecule has 8 heteroatoms. The number of amides is 2. The molecule has 1 heterocycles. The topological polar surface area (TPSA) is 80.3 Å². The number of ether oxygens (including phenoxy) is 1. The van der Waals surface area contributed by atoms with E-state index in [1.807, 2.05) is 0 Å². The van der Waals surface area contributed by atoms with Crippen LogP contribution in [0.5, 0.6) is 5.75 Å². The Hall–Kier alpha value is -2.48. The van der Waals surface area contributed by atoms with Gasteiger partial charge >= 0.3 is 0 Å². The lowest BCUT2D eigenvalue weighted by Gasteiger charge is -2.22. The maximum atomic E-state index is 13.6. The summed E-state index contributed by atoms with van der Waals surface area (Å²) in [5.74, 6) is -0.187. The van der Waals surface area contributed by atoms with E-state index in [2.05, 4.69) is 43.3 Å². The lowest BCUT2D eigenvalue weighted by Crippen LogP contribution is -2.31. The Morgan fingerprint density at radius 2 is 1.90 bits per heavy atom. The average Bonchev–Trinajstić information content (AvgIpc) is 3.14. The second-order valence-corrected chi connectivity index (χ2v) is 9.82. The highest BCUT2D eigenvalue weighted by Crippen LogP contribution is 2.25. The number of rotatable bonds is 11. The van der Waals surface area contributed by atoms with Crippen molar-refractivity contribution in [1.29, 1.82) is 0 Å². The first kappa shape index (κ1) is 24.8. The van der Waals surface area contributed by atoms with Crippen molar-refractivity contribution in [1.82, 2.24) is 15.6 Å². The van der Waals surface area contributed by atoms with Gasteiger partial charge in [0.25, 0.3) is 5.91 Å². The first-order valence-corrected chi connectivity index (χ1v) is 11.4. The minimum atomic E-state index is -0.437. The van der Waals surface area contributed by atoms with Gasteiger partial charge in [-0.05, 0) is 36.3 Å². The van der Waals surface area contributed by atoms with Gasteiger partial charge in [0.1, 0.15) is 17.3 Å². The first-order chi connectivity index (χ1) is 14.6. The Balaban J connectivity index is 1.63. The Morgan fingerprint density at radius 3 is 2.61 bits per heavy atom. The Labute approximate surface area is 187 Å². The van der Waals surface area contributed by atoms with E-state index >= 15 is 0 Å². The SMILES string of the molecule is C[C@H](CC(=O)NCCCNC(=O)c1csc(COc2ccccc2F)n1)CC(C)(C)C. The minimum Gasteiger partial charge on any atom is -0.483 e. The molecule has 0 aliphatic rings. The molecule has 2 N–H and O–H groups in total. The molecule has 1 atom stereocenters. The average molecular weight is 450 g/mol. The van der Waals surface area contributed by atoms with Crippen LogP contribution in [0, 0.1) is 17.2 Å². The lowest BCUT2D eigenvalue weighted by atomic mass is 9.84. The fraction of sp³-hybridized carbons (Fsp3) is 0.522. The van der Waals surface area contributed by atoms with Crippen LogP contribution in [0.4, 0.5) is 4.39 Å². The molecular weight excluding hydrogens is 417 g/mol. The zero-order valence-corrected chi connectivity index (χ0v) is 19.5. The zero-order valence-electron chi connectivity index (χ0n) is 18.7. The van der Waals surface area contributed by atoms with Gasteiger partial charge in [0.2, 0.25) is 5.91 Å². The van der Waals surface area contributed by atoms with E-state index in [0.29, 0.717) is 42.6 Å². The van der Waals surface area contributed by atoms with E-state index in [1.54, 1.807) is 23.6 Å². The van der Waals surface area contributed by atoms with E-state index in [4.69, 9.17) is 4.74 Å². The van der Waals surface area contributed by atoms with Crippen molar-refractivity contribution in [3.63, 3.8) is 0 Å². The lowest BCUT2D eigenvalue weighted by molar-refractivity contribution is -0.122. The molecular formula is C23H32FN3O3S. The van der Waals surface area contributed by atoms with Gasteiger partial charge in [-0.3, -0.25) is 9.59 Å². The number of nitrogens with one attached hydrogen (secondary N) is 2. The molecule has 0 unspecified atom stereocenters. The number of hydrogen-bond acceptors (Lipinski definition) is 5. The number of carbonyl (C=O) groups is 2. The van der Waals surface area contributed by atoms with Gasteiger partial charge in [-0.25, -0.2) is 9.37 Å². The summed E-state index contributed by atoms with van der Waals surface area (Å²) in [6.07, 6.45) is 2.15. The predicted molar refractivity (Wildman–Crippen MR) is 121 cm³/mol. The number of benzene rings is 1. The van der Waals surface area contributed by atoms with Gasteiger partial charge in [-0.2, -0.15) is 0 Å². The Kier molecular flexibility index (Phi) is 9.43. The maximum absolute atomic E-state index is 13.6. The largest absolute Gasteiger partial charge is 0.483 e. The van der Waals surface area contributed by atoms with E-state index in [-0.39, 0.29) is 29.6 Å². The van der Waals surface area contributed by atoms with Crippen molar-refractivity contribution < 1.29 is 18.7 Å². The highest BCUT2D eigenvalue weighted by molar-refractivity contribution is 7.09. The van der Waals surface area contributed by atoms with Crippen LogP contribution >= 0.6 is 11.3 Å². The molecule has 0 fully saturated rings. The van der Waals surface area contributed by atoms with Gasteiger partial charge in [-0.15, -0.1) is 11.3 Å². The molecule has 31 heavy (non-hydrogen) atoms. The summed E-state index contributed by atoms with van der Waals surface area (Å²) in [7, 11) is 0. The number of thiazole rings is 1. The molecule has 0 aliphatic carbocycles. The molecule has 0 aliphatic heterocycles. The zero-order chi connectivity index (χ0) is 22.9. The summed E-state index contributed by atoms with van der Waals surface area (Å²) in [6, 6.07) is 6.15. The monoisotopic (exact) mass is 449 g/mol. The number of hydrogen-bond donors (Lipinski definition) is 2. The number of nitrogens with zero attached hydrogens (tertiary/aromatic N) is 1. The summed E-state index contributed by atoms with van der Waals surface area (Å²) in [5, 5.41) is 7.93. The molecule has 2 aromatic rings. The fourth-order valence-corrected chi connectivity index (χ4v) is 3.98. The molecule has 0 radical (unpaired) electrons. The van der Waals surface area contributed by atoms with E-state index in [9.17, 15) is 14.0 Å². The van der Waals surface area contributed by atoms with Gasteiger partial charge in [0, 0.05) is 24.9 Å². The van der Waals surface area contributed by atoms with Crippen molar-refractivity contribution in [3.05, 3.63) is 46.2 Å². The van der Waals surface area contributed by atoms with Gasteiger partial charge in [0.15, 0.2) is 11.6 Å². The molecule has 0 saturated heterocycles. The quantitative estimate of drug-likeness (QED) is 0.493. The minimum absolute atomic E-state index is 0.0436. The summed E-state index contributed by atoms with van der Waals surface area (Å²) < 4.78 is 19.0. The third-order valence-corrected chi connectivity index (χ3v) is 5.25. The van der Waals surface area contributed by atoms with Crippen molar-refractivity contribution in [2.75, 3.05) is 13.1 Å². The van der Waals surface area contributed by atoms with Crippen LogP contribution in [0.15, 0.2) is 29.6 Å². The second-order valence-electron chi connectivity index (χ2n) is 8.88. The summed E-state index contributed by atoms with van der Waals surface area (Å²) >= 11 is 1.28. The summed E-state index contributed by atoms with van der Waals surface area (Å²) in [4.78, 5) is 28.4. The van der Waals surface area contributed by atoms with Crippen molar-refractivity contribution >= 4 is 23.2 Å². The molecule has 1 aromatic carbocycles. The van der Waals surface area contributed by atoms with Gasteiger partial charge < -0.3 is 15.4 Å². The van der Waals surface area contributed by atoms with E-state index in [0.717, 1.165) is 6.42 Å². The predicted octanol–water partition coefficient (Wildman–Crippen LogP) is 4.56. The summed E-state index contributed by atoms with van der Waals surface area (Å²) in [6.45, 7) is 9.66. The van der Waals surface area contributed by atoms with Gasteiger partial charge in [-0.1, -0.05) is 39.8 Å². The molecule has 1 aromatic heterocycles. The normalized spacial score (nSPS) is 12.3. The smallest absolute Gasteiger partial charge is 0.270 e. The highest BCUT2D eigenvalue weighted by Gasteiger charge is 2.17. The van der Waals surface area contributed by atoms with Crippen molar-refractivity contribution in [3.8, 4) is 5.75 Å².